The lowest BCUT2D eigenvalue weighted by Crippen LogP contribution is -2.15. The van der Waals surface area contributed by atoms with Crippen molar-refractivity contribution >= 4 is 0 Å². The van der Waals surface area contributed by atoms with Crippen molar-refractivity contribution in [3.8, 4) is 0 Å². The topological polar surface area (TPSA) is 64.9 Å². The normalized spacial score (nSPS) is 13.4. The summed E-state index contributed by atoms with van der Waals surface area (Å²) in [7, 11) is 0. The van der Waals surface area contributed by atoms with E-state index in [-0.39, 0.29) is 0 Å². The minimum atomic E-state index is 0.649. The Morgan fingerprint density at radius 1 is 1.05 bits per heavy atom. The van der Waals surface area contributed by atoms with Crippen LogP contribution >= 0.6 is 0 Å². The fourth-order valence-electron chi connectivity index (χ4n) is 2.24. The van der Waals surface area contributed by atoms with Crippen LogP contribution in [0.25, 0.3) is 0 Å². The first-order chi connectivity index (χ1) is 9.02. The Bertz CT molecular complexity index is 347. The van der Waals surface area contributed by atoms with Gasteiger partial charge in [0.15, 0.2) is 5.82 Å². The van der Waals surface area contributed by atoms with E-state index >= 15 is 0 Å². The van der Waals surface area contributed by atoms with Crippen molar-refractivity contribution < 1.29 is 4.52 Å². The molecule has 0 spiro atoms. The van der Waals surface area contributed by atoms with Gasteiger partial charge in [0.25, 0.3) is 0 Å². The van der Waals surface area contributed by atoms with Gasteiger partial charge in [-0.1, -0.05) is 32.9 Å². The Kier molecular flexibility index (Phi) is 7.06. The van der Waals surface area contributed by atoms with Crippen LogP contribution in [0.5, 0.6) is 0 Å². The molecule has 2 N–H and O–H groups in total. The summed E-state index contributed by atoms with van der Waals surface area (Å²) in [6, 6.07) is 0. The standard InChI is InChI=1S/C15H29N3O/c1-11(2)5-7-14-17-15(19-18-14)8-6-13(9-10-16)12(3)4/h11-13H,5-10,16H2,1-4H3. The predicted molar refractivity (Wildman–Crippen MR) is 77.8 cm³/mol. The number of rotatable bonds is 9. The van der Waals surface area contributed by atoms with Crippen molar-refractivity contribution in [3.63, 3.8) is 0 Å². The fourth-order valence-corrected chi connectivity index (χ4v) is 2.24. The highest BCUT2D eigenvalue weighted by Crippen LogP contribution is 2.20. The lowest BCUT2D eigenvalue weighted by molar-refractivity contribution is 0.312. The summed E-state index contributed by atoms with van der Waals surface area (Å²) in [4.78, 5) is 4.46. The molecule has 1 atom stereocenters. The lowest BCUT2D eigenvalue weighted by Gasteiger charge is -2.18. The molecule has 0 fully saturated rings. The van der Waals surface area contributed by atoms with E-state index in [4.69, 9.17) is 10.3 Å². The number of aryl methyl sites for hydroxylation is 2. The third kappa shape index (κ3) is 6.19. The number of hydrogen-bond acceptors (Lipinski definition) is 4. The van der Waals surface area contributed by atoms with Gasteiger partial charge in [-0.05, 0) is 43.6 Å². The van der Waals surface area contributed by atoms with Gasteiger partial charge in [0.2, 0.25) is 5.89 Å². The molecule has 0 aliphatic heterocycles. The van der Waals surface area contributed by atoms with Crippen molar-refractivity contribution in [2.45, 2.75) is 59.8 Å². The molecule has 0 saturated heterocycles. The highest BCUT2D eigenvalue weighted by atomic mass is 16.5. The van der Waals surface area contributed by atoms with Crippen LogP contribution in [0.1, 0.15) is 58.7 Å². The van der Waals surface area contributed by atoms with Crippen molar-refractivity contribution in [3.05, 3.63) is 11.7 Å². The van der Waals surface area contributed by atoms with Gasteiger partial charge in [0.1, 0.15) is 0 Å². The number of hydrogen-bond donors (Lipinski definition) is 1. The quantitative estimate of drug-likeness (QED) is 0.746. The van der Waals surface area contributed by atoms with Gasteiger partial charge >= 0.3 is 0 Å². The molecule has 0 bridgehead atoms. The second kappa shape index (κ2) is 8.31. The largest absolute Gasteiger partial charge is 0.339 e. The molecule has 0 amide bonds. The molecule has 4 nitrogen and oxygen atoms in total. The molecule has 4 heteroatoms. The number of nitrogens with zero attached hydrogens (tertiary/aromatic N) is 2. The maximum absolute atomic E-state index is 5.66. The molecule has 110 valence electrons. The van der Waals surface area contributed by atoms with Crippen LogP contribution in [-0.2, 0) is 12.8 Å². The summed E-state index contributed by atoms with van der Waals surface area (Å²) >= 11 is 0. The first-order valence-corrected chi connectivity index (χ1v) is 7.54. The first-order valence-electron chi connectivity index (χ1n) is 7.54. The van der Waals surface area contributed by atoms with Crippen LogP contribution in [0.4, 0.5) is 0 Å². The summed E-state index contributed by atoms with van der Waals surface area (Å²) in [6.45, 7) is 9.68. The fraction of sp³-hybridized carbons (Fsp3) is 0.867. The van der Waals surface area contributed by atoms with Crippen LogP contribution in [0, 0.1) is 17.8 Å². The average molecular weight is 267 g/mol. The minimum Gasteiger partial charge on any atom is -0.339 e. The number of aromatic nitrogens is 2. The van der Waals surface area contributed by atoms with Crippen molar-refractivity contribution in [2.75, 3.05) is 6.54 Å². The van der Waals surface area contributed by atoms with E-state index in [1.54, 1.807) is 0 Å². The maximum atomic E-state index is 5.66. The van der Waals surface area contributed by atoms with Crippen LogP contribution < -0.4 is 5.73 Å². The summed E-state index contributed by atoms with van der Waals surface area (Å²) in [5.41, 5.74) is 5.66. The number of nitrogens with two attached hydrogens (primary N) is 1. The Morgan fingerprint density at radius 2 is 1.79 bits per heavy atom. The Balaban J connectivity index is 2.40. The Morgan fingerprint density at radius 3 is 2.37 bits per heavy atom. The van der Waals surface area contributed by atoms with Crippen molar-refractivity contribution in [1.29, 1.82) is 0 Å². The monoisotopic (exact) mass is 267 g/mol. The molecule has 1 heterocycles. The zero-order chi connectivity index (χ0) is 14.3. The molecule has 0 aromatic carbocycles. The second-order valence-corrected chi connectivity index (χ2v) is 6.16. The highest BCUT2D eigenvalue weighted by Gasteiger charge is 2.15. The van der Waals surface area contributed by atoms with Crippen LogP contribution in [0.2, 0.25) is 0 Å². The summed E-state index contributed by atoms with van der Waals surface area (Å²) in [5.74, 6) is 3.62. The van der Waals surface area contributed by atoms with Crippen LogP contribution in [-0.4, -0.2) is 16.7 Å². The maximum Gasteiger partial charge on any atom is 0.226 e. The minimum absolute atomic E-state index is 0.649. The van der Waals surface area contributed by atoms with E-state index in [9.17, 15) is 0 Å². The molecule has 0 aliphatic carbocycles. The van der Waals surface area contributed by atoms with E-state index in [1.807, 2.05) is 0 Å². The van der Waals surface area contributed by atoms with Crippen molar-refractivity contribution in [2.24, 2.45) is 23.5 Å². The Hall–Kier alpha value is -0.900. The molecule has 1 aromatic heterocycles. The SMILES string of the molecule is CC(C)CCc1noc(CCC(CCN)C(C)C)n1. The van der Waals surface area contributed by atoms with E-state index in [1.165, 1.54) is 0 Å². The van der Waals surface area contributed by atoms with Gasteiger partial charge in [-0.3, -0.25) is 0 Å². The third-order valence-electron chi connectivity index (χ3n) is 3.66. The van der Waals surface area contributed by atoms with Crippen molar-refractivity contribution in [1.82, 2.24) is 10.1 Å². The lowest BCUT2D eigenvalue weighted by atomic mass is 9.88. The first kappa shape index (κ1) is 16.2. The highest BCUT2D eigenvalue weighted by molar-refractivity contribution is 4.87. The van der Waals surface area contributed by atoms with Gasteiger partial charge in [-0.2, -0.15) is 4.98 Å². The molecular weight excluding hydrogens is 238 g/mol. The molecule has 19 heavy (non-hydrogen) atoms. The zero-order valence-electron chi connectivity index (χ0n) is 12.9. The van der Waals surface area contributed by atoms with Crippen LogP contribution in [0.15, 0.2) is 4.52 Å². The van der Waals surface area contributed by atoms with Gasteiger partial charge in [-0.15, -0.1) is 0 Å². The van der Waals surface area contributed by atoms with Gasteiger partial charge < -0.3 is 10.3 Å². The molecule has 0 radical (unpaired) electrons. The summed E-state index contributed by atoms with van der Waals surface area (Å²) in [6.07, 6.45) is 5.06. The van der Waals surface area contributed by atoms with E-state index in [0.717, 1.165) is 50.4 Å². The third-order valence-corrected chi connectivity index (χ3v) is 3.66. The van der Waals surface area contributed by atoms with E-state index in [0.29, 0.717) is 17.8 Å². The Labute approximate surface area is 117 Å². The molecule has 0 saturated carbocycles. The van der Waals surface area contributed by atoms with Gasteiger partial charge in [0.05, 0.1) is 0 Å². The average Bonchev–Trinajstić information content (AvgIpc) is 2.79. The molecule has 0 aliphatic rings. The molecule has 1 aromatic rings. The molecule has 1 unspecified atom stereocenters. The van der Waals surface area contributed by atoms with E-state index < -0.39 is 0 Å². The van der Waals surface area contributed by atoms with Crippen LogP contribution in [0.3, 0.4) is 0 Å². The predicted octanol–water partition coefficient (Wildman–Crippen LogP) is 3.21. The molecular formula is C15H29N3O. The smallest absolute Gasteiger partial charge is 0.226 e. The van der Waals surface area contributed by atoms with Gasteiger partial charge in [0, 0.05) is 12.8 Å². The zero-order valence-corrected chi connectivity index (χ0v) is 12.9. The second-order valence-electron chi connectivity index (χ2n) is 6.16. The van der Waals surface area contributed by atoms with E-state index in [2.05, 4.69) is 37.8 Å². The summed E-state index contributed by atoms with van der Waals surface area (Å²) < 4.78 is 5.31. The molecule has 1 rings (SSSR count). The summed E-state index contributed by atoms with van der Waals surface area (Å²) in [5, 5.41) is 4.05. The van der Waals surface area contributed by atoms with Gasteiger partial charge in [-0.25, -0.2) is 0 Å².